The molecular formula is C16H15N5O3S. The summed E-state index contributed by atoms with van der Waals surface area (Å²) < 4.78 is 5.63. The summed E-state index contributed by atoms with van der Waals surface area (Å²) in [5.41, 5.74) is 1.56. The van der Waals surface area contributed by atoms with Crippen molar-refractivity contribution < 1.29 is 14.0 Å². The Balaban J connectivity index is 1.67. The van der Waals surface area contributed by atoms with E-state index >= 15 is 0 Å². The van der Waals surface area contributed by atoms with Gasteiger partial charge in [0.15, 0.2) is 10.9 Å². The maximum absolute atomic E-state index is 12.1. The molecule has 0 fully saturated rings. The summed E-state index contributed by atoms with van der Waals surface area (Å²) in [7, 11) is 0. The second-order valence-electron chi connectivity index (χ2n) is 5.21. The Labute approximate surface area is 147 Å². The smallest absolute Gasteiger partial charge is 0.277 e. The van der Waals surface area contributed by atoms with E-state index in [1.54, 1.807) is 24.4 Å². The van der Waals surface area contributed by atoms with Gasteiger partial charge in [-0.15, -0.1) is 11.3 Å². The van der Waals surface area contributed by atoms with Crippen LogP contribution in [0.15, 0.2) is 34.3 Å². The van der Waals surface area contributed by atoms with E-state index in [0.29, 0.717) is 28.9 Å². The molecule has 0 spiro atoms. The molecule has 0 saturated heterocycles. The molecule has 8 nitrogen and oxygen atoms in total. The van der Waals surface area contributed by atoms with E-state index < -0.39 is 0 Å². The summed E-state index contributed by atoms with van der Waals surface area (Å²) >= 11 is 1.28. The molecule has 128 valence electrons. The van der Waals surface area contributed by atoms with Crippen molar-refractivity contribution in [1.82, 2.24) is 20.3 Å². The van der Waals surface area contributed by atoms with Crippen molar-refractivity contribution in [1.29, 1.82) is 0 Å². The van der Waals surface area contributed by atoms with Gasteiger partial charge in [-0.3, -0.25) is 19.9 Å². The van der Waals surface area contributed by atoms with E-state index in [1.807, 2.05) is 0 Å². The van der Waals surface area contributed by atoms with Crippen LogP contribution in [0.1, 0.15) is 28.9 Å². The molecule has 0 saturated carbocycles. The molecule has 0 aliphatic rings. The van der Waals surface area contributed by atoms with Crippen molar-refractivity contribution in [2.45, 2.75) is 20.4 Å². The Morgan fingerprint density at radius 3 is 2.80 bits per heavy atom. The number of amides is 2. The summed E-state index contributed by atoms with van der Waals surface area (Å²) in [5.74, 6) is 0.681. The highest BCUT2D eigenvalue weighted by molar-refractivity contribution is 7.14. The number of carbonyl (C=O) groups excluding carboxylic acids is 2. The van der Waals surface area contributed by atoms with Crippen molar-refractivity contribution in [3.8, 4) is 11.5 Å². The Morgan fingerprint density at radius 2 is 2.08 bits per heavy atom. The van der Waals surface area contributed by atoms with E-state index in [4.69, 9.17) is 4.42 Å². The lowest BCUT2D eigenvalue weighted by molar-refractivity contribution is -0.119. The zero-order valence-corrected chi connectivity index (χ0v) is 14.4. The number of aryl methyl sites for hydroxylation is 1. The summed E-state index contributed by atoms with van der Waals surface area (Å²) in [6.07, 6.45) is 2.95. The quantitative estimate of drug-likeness (QED) is 0.725. The van der Waals surface area contributed by atoms with E-state index in [9.17, 15) is 9.59 Å². The Bertz CT molecular complexity index is 901. The van der Waals surface area contributed by atoms with Gasteiger partial charge in [0.25, 0.3) is 5.91 Å². The fourth-order valence-electron chi connectivity index (χ4n) is 1.94. The molecular weight excluding hydrogens is 342 g/mol. The highest BCUT2D eigenvalue weighted by Gasteiger charge is 2.13. The zero-order chi connectivity index (χ0) is 17.8. The monoisotopic (exact) mass is 357 g/mol. The molecule has 3 aromatic heterocycles. The minimum absolute atomic E-state index is 0.129. The molecule has 0 aromatic carbocycles. The number of thiazole rings is 1. The van der Waals surface area contributed by atoms with Gasteiger partial charge in [-0.1, -0.05) is 0 Å². The number of nitrogens with zero attached hydrogens (tertiary/aromatic N) is 3. The first-order chi connectivity index (χ1) is 12.0. The summed E-state index contributed by atoms with van der Waals surface area (Å²) in [6, 6.07) is 3.54. The van der Waals surface area contributed by atoms with Crippen LogP contribution in [0, 0.1) is 6.92 Å². The lowest BCUT2D eigenvalue weighted by Crippen LogP contribution is -2.18. The molecule has 2 amide bonds. The van der Waals surface area contributed by atoms with E-state index in [1.165, 1.54) is 30.7 Å². The van der Waals surface area contributed by atoms with Crippen LogP contribution in [0.2, 0.25) is 0 Å². The minimum atomic E-state index is -0.376. The van der Waals surface area contributed by atoms with Crippen LogP contribution >= 0.6 is 11.3 Å². The molecule has 3 rings (SSSR count). The summed E-state index contributed by atoms with van der Waals surface area (Å²) in [5, 5.41) is 7.55. The van der Waals surface area contributed by atoms with Crippen LogP contribution in [0.3, 0.4) is 0 Å². The number of aromatic nitrogens is 3. The van der Waals surface area contributed by atoms with Crippen molar-refractivity contribution in [2.75, 3.05) is 5.32 Å². The molecule has 0 aliphatic heterocycles. The highest BCUT2D eigenvalue weighted by atomic mass is 32.1. The van der Waals surface area contributed by atoms with Gasteiger partial charge in [0.1, 0.15) is 17.1 Å². The maximum Gasteiger partial charge on any atom is 0.277 e. The van der Waals surface area contributed by atoms with E-state index in [0.717, 1.165) is 5.69 Å². The summed E-state index contributed by atoms with van der Waals surface area (Å²) in [4.78, 5) is 35.4. The van der Waals surface area contributed by atoms with Crippen molar-refractivity contribution in [2.24, 2.45) is 0 Å². The molecule has 0 bridgehead atoms. The predicted molar refractivity (Wildman–Crippen MR) is 92.1 cm³/mol. The van der Waals surface area contributed by atoms with Crippen molar-refractivity contribution in [3.63, 3.8) is 0 Å². The molecule has 3 heterocycles. The normalized spacial score (nSPS) is 10.5. The topological polar surface area (TPSA) is 110 Å². The van der Waals surface area contributed by atoms with Crippen LogP contribution < -0.4 is 10.6 Å². The summed E-state index contributed by atoms with van der Waals surface area (Å²) in [6.45, 7) is 3.55. The van der Waals surface area contributed by atoms with Crippen molar-refractivity contribution >= 4 is 28.3 Å². The van der Waals surface area contributed by atoms with E-state index in [2.05, 4.69) is 25.6 Å². The average Bonchev–Trinajstić information content (AvgIpc) is 3.22. The SMILES string of the molecule is CC(=O)NCc1ccc(-c2csc(NC(=O)c3cnc(C)cn3)n2)o1. The lowest BCUT2D eigenvalue weighted by Gasteiger charge is -2.00. The van der Waals surface area contributed by atoms with Gasteiger partial charge in [-0.25, -0.2) is 9.97 Å². The fourth-order valence-corrected chi connectivity index (χ4v) is 2.63. The van der Waals surface area contributed by atoms with Crippen LogP contribution in [0.25, 0.3) is 11.5 Å². The number of nitrogens with one attached hydrogen (secondary N) is 2. The third-order valence-corrected chi connectivity index (χ3v) is 3.92. The number of rotatable bonds is 5. The fraction of sp³-hybridized carbons (Fsp3) is 0.188. The average molecular weight is 357 g/mol. The van der Waals surface area contributed by atoms with Gasteiger partial charge in [0, 0.05) is 18.5 Å². The molecule has 0 atom stereocenters. The largest absolute Gasteiger partial charge is 0.458 e. The number of carbonyl (C=O) groups is 2. The highest BCUT2D eigenvalue weighted by Crippen LogP contribution is 2.26. The van der Waals surface area contributed by atoms with Gasteiger partial charge in [-0.05, 0) is 19.1 Å². The van der Waals surface area contributed by atoms with Crippen LogP contribution in [0.4, 0.5) is 5.13 Å². The number of furan rings is 1. The zero-order valence-electron chi connectivity index (χ0n) is 13.6. The van der Waals surface area contributed by atoms with E-state index in [-0.39, 0.29) is 17.5 Å². The van der Waals surface area contributed by atoms with Gasteiger partial charge in [-0.2, -0.15) is 0 Å². The van der Waals surface area contributed by atoms with Gasteiger partial charge >= 0.3 is 0 Å². The Morgan fingerprint density at radius 1 is 1.24 bits per heavy atom. The molecule has 2 N–H and O–H groups in total. The van der Waals surface area contributed by atoms with Crippen LogP contribution in [0.5, 0.6) is 0 Å². The second kappa shape index (κ2) is 7.22. The molecule has 3 aromatic rings. The van der Waals surface area contributed by atoms with Crippen molar-refractivity contribution in [3.05, 3.63) is 47.1 Å². The second-order valence-corrected chi connectivity index (χ2v) is 6.07. The third kappa shape index (κ3) is 4.27. The first kappa shape index (κ1) is 16.8. The molecule has 0 radical (unpaired) electrons. The molecule has 0 aliphatic carbocycles. The number of anilines is 1. The standard InChI is InChI=1S/C16H15N5O3S/c1-9-5-19-12(7-17-9)15(23)21-16-20-13(8-25-16)14-4-3-11(24-14)6-18-10(2)22/h3-5,7-8H,6H2,1-2H3,(H,18,22)(H,20,21,23). The predicted octanol–water partition coefficient (Wildman–Crippen LogP) is 2.39. The third-order valence-electron chi connectivity index (χ3n) is 3.16. The minimum Gasteiger partial charge on any atom is -0.458 e. The molecule has 0 unspecified atom stereocenters. The lowest BCUT2D eigenvalue weighted by atomic mass is 10.3. The Kier molecular flexibility index (Phi) is 4.85. The first-order valence-electron chi connectivity index (χ1n) is 7.40. The maximum atomic E-state index is 12.1. The molecule has 25 heavy (non-hydrogen) atoms. The molecule has 9 heteroatoms. The van der Waals surface area contributed by atoms with Crippen LogP contribution in [-0.4, -0.2) is 26.8 Å². The number of hydrogen-bond donors (Lipinski definition) is 2. The Hall–Kier alpha value is -3.07. The first-order valence-corrected chi connectivity index (χ1v) is 8.28. The van der Waals surface area contributed by atoms with Crippen LogP contribution in [-0.2, 0) is 11.3 Å². The number of hydrogen-bond acceptors (Lipinski definition) is 7. The van der Waals surface area contributed by atoms with Gasteiger partial charge in [0.05, 0.1) is 18.4 Å². The van der Waals surface area contributed by atoms with Gasteiger partial charge in [0.2, 0.25) is 5.91 Å². The van der Waals surface area contributed by atoms with Gasteiger partial charge < -0.3 is 9.73 Å².